The van der Waals surface area contributed by atoms with Gasteiger partial charge < -0.3 is 14.5 Å². The van der Waals surface area contributed by atoms with Crippen LogP contribution in [0, 0.1) is 0 Å². The molecule has 0 aliphatic carbocycles. The molecule has 2 atom stereocenters. The van der Waals surface area contributed by atoms with Crippen molar-refractivity contribution in [3.63, 3.8) is 0 Å². The third-order valence-corrected chi connectivity index (χ3v) is 11.2. The number of aromatic nitrogens is 2. The Morgan fingerprint density at radius 2 is 0.889 bits per heavy atom. The van der Waals surface area contributed by atoms with Crippen molar-refractivity contribution in [2.75, 3.05) is 5.32 Å². The Morgan fingerprint density at radius 3 is 1.57 bits per heavy atom. The van der Waals surface area contributed by atoms with Gasteiger partial charge in [-0.2, -0.15) is 0 Å². The van der Waals surface area contributed by atoms with Crippen molar-refractivity contribution in [2.24, 2.45) is 0 Å². The molecule has 2 aromatic heterocycles. The van der Waals surface area contributed by atoms with E-state index in [9.17, 15) is 0 Å². The Kier molecular flexibility index (Phi) is 7.04. The molecule has 54 heavy (non-hydrogen) atoms. The molecular weight excluding hydrogens is 657 g/mol. The number of benzene rings is 8. The number of fused-ring (bicyclic) bond motifs is 7. The zero-order valence-electron chi connectivity index (χ0n) is 29.5. The molecule has 0 spiro atoms. The van der Waals surface area contributed by atoms with Gasteiger partial charge in [-0.3, -0.25) is 5.32 Å². The molecule has 0 amide bonds. The van der Waals surface area contributed by atoms with Crippen LogP contribution in [0.4, 0.5) is 5.69 Å². The summed E-state index contributed by atoms with van der Waals surface area (Å²) in [6, 6.07) is 70.5. The molecule has 0 saturated carbocycles. The summed E-state index contributed by atoms with van der Waals surface area (Å²) in [5.74, 6) is 0. The Balaban J connectivity index is 1.01. The Hall–Kier alpha value is -6.88. The summed E-state index contributed by atoms with van der Waals surface area (Å²) in [4.78, 5) is 0. The van der Waals surface area contributed by atoms with E-state index in [2.05, 4.69) is 214 Å². The molecular formula is C50H36N4. The minimum absolute atomic E-state index is 0.0625. The zero-order chi connectivity index (χ0) is 35.6. The van der Waals surface area contributed by atoms with Gasteiger partial charge in [-0.15, -0.1) is 0 Å². The number of hydrogen-bond acceptors (Lipinski definition) is 2. The van der Waals surface area contributed by atoms with Crippen molar-refractivity contribution in [1.82, 2.24) is 14.5 Å². The average Bonchev–Trinajstić information content (AvgIpc) is 3.76. The molecule has 0 radical (unpaired) electrons. The predicted molar refractivity (Wildman–Crippen MR) is 225 cm³/mol. The zero-order valence-corrected chi connectivity index (χ0v) is 29.5. The van der Waals surface area contributed by atoms with Crippen LogP contribution in [0.5, 0.6) is 0 Å². The highest BCUT2D eigenvalue weighted by molar-refractivity contribution is 6.12. The minimum atomic E-state index is -0.0625. The summed E-state index contributed by atoms with van der Waals surface area (Å²) >= 11 is 0. The van der Waals surface area contributed by atoms with Gasteiger partial charge in [0.25, 0.3) is 0 Å². The maximum Gasteiger partial charge on any atom is 0.104 e. The van der Waals surface area contributed by atoms with Gasteiger partial charge in [0.2, 0.25) is 0 Å². The topological polar surface area (TPSA) is 33.9 Å². The van der Waals surface area contributed by atoms with E-state index in [0.717, 1.165) is 11.4 Å². The van der Waals surface area contributed by atoms with Crippen LogP contribution in [0.3, 0.4) is 0 Å². The summed E-state index contributed by atoms with van der Waals surface area (Å²) < 4.78 is 4.79. The van der Waals surface area contributed by atoms with Crippen LogP contribution in [-0.2, 0) is 0 Å². The maximum atomic E-state index is 3.93. The molecule has 0 fully saturated rings. The molecule has 4 heteroatoms. The number of nitrogens with zero attached hydrogens (tertiary/aromatic N) is 2. The van der Waals surface area contributed by atoms with Crippen LogP contribution in [0.1, 0.15) is 28.9 Å². The van der Waals surface area contributed by atoms with Gasteiger partial charge >= 0.3 is 0 Å². The lowest BCUT2D eigenvalue weighted by Crippen LogP contribution is -2.37. The van der Waals surface area contributed by atoms with Crippen molar-refractivity contribution >= 4 is 49.3 Å². The Bertz CT molecular complexity index is 3010. The van der Waals surface area contributed by atoms with Crippen LogP contribution >= 0.6 is 0 Å². The number of anilines is 1. The Labute approximate surface area is 313 Å². The second-order valence-electron chi connectivity index (χ2n) is 14.3. The summed E-state index contributed by atoms with van der Waals surface area (Å²) in [6.07, 6.45) is -0.0625. The largest absolute Gasteiger partial charge is 0.366 e. The van der Waals surface area contributed by atoms with E-state index >= 15 is 0 Å². The van der Waals surface area contributed by atoms with E-state index in [1.54, 1.807) is 0 Å². The van der Waals surface area contributed by atoms with E-state index in [0.29, 0.717) is 0 Å². The number of hydrogen-bond donors (Lipinski definition) is 2. The average molecular weight is 693 g/mol. The summed E-state index contributed by atoms with van der Waals surface area (Å²) in [5, 5.41) is 12.7. The van der Waals surface area contributed by atoms with Crippen LogP contribution in [-0.4, -0.2) is 9.13 Å². The van der Waals surface area contributed by atoms with E-state index in [1.807, 2.05) is 0 Å². The highest BCUT2D eigenvalue weighted by Gasteiger charge is 2.28. The molecule has 8 aromatic carbocycles. The lowest BCUT2D eigenvalue weighted by Gasteiger charge is -2.35. The SMILES string of the molecule is c1ccc(C2NC(c3cccc(-n4c5ccccc5c5cc(-c6ccc7c(c6)c6ccccc6n7-c6ccccc6)ccc54)c3)Nc3ccccc32)cc1. The monoisotopic (exact) mass is 692 g/mol. The maximum absolute atomic E-state index is 3.93. The van der Waals surface area contributed by atoms with Crippen LogP contribution < -0.4 is 10.6 Å². The molecule has 11 rings (SSSR count). The van der Waals surface area contributed by atoms with Gasteiger partial charge in [-0.05, 0) is 94.5 Å². The third-order valence-electron chi connectivity index (χ3n) is 11.2. The predicted octanol–water partition coefficient (Wildman–Crippen LogP) is 12.4. The number of para-hydroxylation sites is 4. The molecule has 3 heterocycles. The molecule has 10 aromatic rings. The summed E-state index contributed by atoms with van der Waals surface area (Å²) in [6.45, 7) is 0. The van der Waals surface area contributed by atoms with E-state index in [4.69, 9.17) is 0 Å². The molecule has 1 aliphatic rings. The van der Waals surface area contributed by atoms with E-state index in [1.165, 1.54) is 77.1 Å². The van der Waals surface area contributed by atoms with Crippen molar-refractivity contribution in [1.29, 1.82) is 0 Å². The second-order valence-corrected chi connectivity index (χ2v) is 14.3. The summed E-state index contributed by atoms with van der Waals surface area (Å²) in [7, 11) is 0. The van der Waals surface area contributed by atoms with Crippen LogP contribution in [0.25, 0.3) is 66.1 Å². The molecule has 1 aliphatic heterocycles. The lowest BCUT2D eigenvalue weighted by molar-refractivity contribution is 0.506. The highest BCUT2D eigenvalue weighted by Crippen LogP contribution is 2.40. The fourth-order valence-corrected chi connectivity index (χ4v) is 8.72. The standard InChI is InChI=1S/C50H36N4/c1-3-14-33(15-4-1)49-41-22-7-10-23-44(41)51-50(52-49)36-16-13-19-38(30-36)54-46-25-12-9-21-40(46)43-32-35(27-29-48(43)54)34-26-28-47-42(31-34)39-20-8-11-24-45(39)53(47)37-17-5-2-6-18-37/h1-32,49-52H. The van der Waals surface area contributed by atoms with Crippen molar-refractivity contribution < 1.29 is 0 Å². The number of nitrogens with one attached hydrogen (secondary N) is 2. The normalized spacial score (nSPS) is 15.5. The molecule has 0 saturated heterocycles. The van der Waals surface area contributed by atoms with Gasteiger partial charge in [-0.1, -0.05) is 127 Å². The first-order valence-electron chi connectivity index (χ1n) is 18.7. The van der Waals surface area contributed by atoms with Crippen molar-refractivity contribution in [3.05, 3.63) is 211 Å². The molecule has 4 nitrogen and oxygen atoms in total. The highest BCUT2D eigenvalue weighted by atomic mass is 15.2. The van der Waals surface area contributed by atoms with E-state index < -0.39 is 0 Å². The van der Waals surface area contributed by atoms with Gasteiger partial charge in [0.15, 0.2) is 0 Å². The summed E-state index contributed by atoms with van der Waals surface area (Å²) in [5.41, 5.74) is 14.4. The fraction of sp³-hybridized carbons (Fsp3) is 0.0400. The number of rotatable bonds is 5. The van der Waals surface area contributed by atoms with Gasteiger partial charge in [0.1, 0.15) is 6.17 Å². The third kappa shape index (κ3) is 4.88. The van der Waals surface area contributed by atoms with Crippen molar-refractivity contribution in [3.8, 4) is 22.5 Å². The lowest BCUT2D eigenvalue weighted by atomic mass is 9.93. The Morgan fingerprint density at radius 1 is 0.370 bits per heavy atom. The minimum Gasteiger partial charge on any atom is -0.366 e. The van der Waals surface area contributed by atoms with Gasteiger partial charge in [-0.25, -0.2) is 0 Å². The fourth-order valence-electron chi connectivity index (χ4n) is 8.72. The molecule has 2 unspecified atom stereocenters. The van der Waals surface area contributed by atoms with Gasteiger partial charge in [0, 0.05) is 38.6 Å². The molecule has 256 valence electrons. The van der Waals surface area contributed by atoms with Crippen LogP contribution in [0.2, 0.25) is 0 Å². The van der Waals surface area contributed by atoms with Crippen LogP contribution in [0.15, 0.2) is 194 Å². The second kappa shape index (κ2) is 12.4. The quantitative estimate of drug-likeness (QED) is 0.188. The smallest absolute Gasteiger partial charge is 0.104 e. The van der Waals surface area contributed by atoms with Crippen molar-refractivity contribution in [2.45, 2.75) is 12.2 Å². The van der Waals surface area contributed by atoms with Gasteiger partial charge in [0.05, 0.1) is 28.1 Å². The first kappa shape index (κ1) is 30.7. The first-order chi connectivity index (χ1) is 26.8. The molecule has 0 bridgehead atoms. The van der Waals surface area contributed by atoms with E-state index in [-0.39, 0.29) is 12.2 Å². The molecule has 2 N–H and O–H groups in total. The first-order valence-corrected chi connectivity index (χ1v) is 18.7.